The van der Waals surface area contributed by atoms with Crippen molar-refractivity contribution in [3.63, 3.8) is 0 Å². The topological polar surface area (TPSA) is 36.1 Å². The van der Waals surface area contributed by atoms with Crippen LogP contribution in [0, 0.1) is 16.2 Å². The number of hydrogen-bond acceptors (Lipinski definition) is 3. The second-order valence-corrected chi connectivity index (χ2v) is 10.5. The minimum Gasteiger partial charge on any atom is -0.384 e. The molecule has 0 amide bonds. The summed E-state index contributed by atoms with van der Waals surface area (Å²) in [6.07, 6.45) is 0. The molecule has 0 saturated heterocycles. The van der Waals surface area contributed by atoms with Gasteiger partial charge in [0.05, 0.1) is 11.4 Å². The van der Waals surface area contributed by atoms with Gasteiger partial charge in [-0.3, -0.25) is 0 Å². The molecule has 3 heteroatoms. The van der Waals surface area contributed by atoms with Crippen LogP contribution in [0.5, 0.6) is 0 Å². The molecule has 0 aliphatic rings. The van der Waals surface area contributed by atoms with Gasteiger partial charge >= 0.3 is 0 Å². The van der Waals surface area contributed by atoms with E-state index in [1.54, 1.807) is 0 Å². The van der Waals surface area contributed by atoms with Crippen LogP contribution < -0.4 is 16.0 Å². The van der Waals surface area contributed by atoms with E-state index in [-0.39, 0.29) is 16.2 Å². The third-order valence-electron chi connectivity index (χ3n) is 3.46. The molecule has 3 N–H and O–H groups in total. The molecule has 0 aromatic heterocycles. The molecule has 0 radical (unpaired) electrons. The largest absolute Gasteiger partial charge is 0.384 e. The summed E-state index contributed by atoms with van der Waals surface area (Å²) in [5, 5.41) is 10.8. The number of anilines is 3. The molecule has 0 unspecified atom stereocenters. The van der Waals surface area contributed by atoms with Gasteiger partial charge in [0.2, 0.25) is 0 Å². The first-order valence-electron chi connectivity index (χ1n) is 9.11. The normalized spacial score (nSPS) is 12.9. The summed E-state index contributed by atoms with van der Waals surface area (Å²) in [6.45, 7) is 23.1. The molecule has 1 aromatic rings. The SMILES string of the molecule is CC(C)(C)CNc1ccc(NCC(C)(C)C)c(NCC(C)(C)C)c1. The van der Waals surface area contributed by atoms with E-state index in [0.717, 1.165) is 19.6 Å². The van der Waals surface area contributed by atoms with Crippen molar-refractivity contribution >= 4 is 17.1 Å². The molecule has 138 valence electrons. The fourth-order valence-electron chi connectivity index (χ4n) is 2.04. The maximum absolute atomic E-state index is 3.62. The van der Waals surface area contributed by atoms with Gasteiger partial charge in [0, 0.05) is 25.3 Å². The van der Waals surface area contributed by atoms with Gasteiger partial charge in [0.15, 0.2) is 0 Å². The number of rotatable bonds is 6. The van der Waals surface area contributed by atoms with E-state index in [1.165, 1.54) is 17.1 Å². The zero-order chi connectivity index (χ0) is 18.6. The second-order valence-electron chi connectivity index (χ2n) is 10.5. The molecule has 0 spiro atoms. The third-order valence-corrected chi connectivity index (χ3v) is 3.46. The lowest BCUT2D eigenvalue weighted by atomic mass is 9.96. The lowest BCUT2D eigenvalue weighted by molar-refractivity contribution is 0.440. The van der Waals surface area contributed by atoms with Crippen LogP contribution in [0.2, 0.25) is 0 Å². The molecule has 0 bridgehead atoms. The molecule has 0 fully saturated rings. The third kappa shape index (κ3) is 9.05. The van der Waals surface area contributed by atoms with Crippen LogP contribution in [0.3, 0.4) is 0 Å². The summed E-state index contributed by atoms with van der Waals surface area (Å²) >= 11 is 0. The number of hydrogen-bond donors (Lipinski definition) is 3. The summed E-state index contributed by atoms with van der Waals surface area (Å²) in [5.41, 5.74) is 4.29. The lowest BCUT2D eigenvalue weighted by Gasteiger charge is -2.25. The number of benzene rings is 1. The summed E-state index contributed by atoms with van der Waals surface area (Å²) in [5.74, 6) is 0. The van der Waals surface area contributed by atoms with Gasteiger partial charge in [-0.2, -0.15) is 0 Å². The van der Waals surface area contributed by atoms with Gasteiger partial charge < -0.3 is 16.0 Å². The van der Waals surface area contributed by atoms with Crippen LogP contribution in [0.25, 0.3) is 0 Å². The first kappa shape index (κ1) is 20.7. The van der Waals surface area contributed by atoms with E-state index in [0.29, 0.717) is 0 Å². The van der Waals surface area contributed by atoms with Crippen molar-refractivity contribution in [2.45, 2.75) is 62.3 Å². The van der Waals surface area contributed by atoms with Gasteiger partial charge in [0.25, 0.3) is 0 Å². The maximum Gasteiger partial charge on any atom is 0.0596 e. The lowest BCUT2D eigenvalue weighted by Crippen LogP contribution is -2.22. The highest BCUT2D eigenvalue weighted by Crippen LogP contribution is 2.29. The Kier molecular flexibility index (Phi) is 6.60. The smallest absolute Gasteiger partial charge is 0.0596 e. The van der Waals surface area contributed by atoms with E-state index < -0.39 is 0 Å². The molecule has 1 rings (SSSR count). The molecule has 1 aromatic carbocycles. The Bertz CT molecular complexity index is 513. The predicted molar refractivity (Wildman–Crippen MR) is 110 cm³/mol. The highest BCUT2D eigenvalue weighted by Gasteiger charge is 2.15. The van der Waals surface area contributed by atoms with Crippen molar-refractivity contribution in [1.82, 2.24) is 0 Å². The van der Waals surface area contributed by atoms with Crippen molar-refractivity contribution < 1.29 is 0 Å². The zero-order valence-electron chi connectivity index (χ0n) is 17.4. The van der Waals surface area contributed by atoms with Gasteiger partial charge in [-0.15, -0.1) is 0 Å². The molecular weight excluding hydrogens is 294 g/mol. The fraction of sp³-hybridized carbons (Fsp3) is 0.714. The molecule has 0 aliphatic heterocycles. The number of nitrogens with one attached hydrogen (secondary N) is 3. The maximum atomic E-state index is 3.62. The highest BCUT2D eigenvalue weighted by molar-refractivity contribution is 5.74. The predicted octanol–water partition coefficient (Wildman–Crippen LogP) is 6.06. The Hall–Kier alpha value is -1.38. The van der Waals surface area contributed by atoms with Gasteiger partial charge in [-0.05, 0) is 34.4 Å². The van der Waals surface area contributed by atoms with Crippen LogP contribution in [-0.4, -0.2) is 19.6 Å². The summed E-state index contributed by atoms with van der Waals surface area (Å²) in [7, 11) is 0. The average molecular weight is 334 g/mol. The van der Waals surface area contributed by atoms with E-state index in [1.807, 2.05) is 0 Å². The molecule has 0 heterocycles. The summed E-state index contributed by atoms with van der Waals surface area (Å²) in [6, 6.07) is 6.57. The van der Waals surface area contributed by atoms with Crippen molar-refractivity contribution in [2.75, 3.05) is 35.6 Å². The molecule has 0 aliphatic carbocycles. The summed E-state index contributed by atoms with van der Waals surface area (Å²) < 4.78 is 0. The minimum absolute atomic E-state index is 0.246. The van der Waals surface area contributed by atoms with Crippen molar-refractivity contribution in [3.8, 4) is 0 Å². The Morgan fingerprint density at radius 2 is 1.00 bits per heavy atom. The Labute approximate surface area is 150 Å². The van der Waals surface area contributed by atoms with E-state index in [2.05, 4.69) is 96.5 Å². The molecule has 0 atom stereocenters. The van der Waals surface area contributed by atoms with Crippen LogP contribution in [0.15, 0.2) is 18.2 Å². The quantitative estimate of drug-likeness (QED) is 0.592. The summed E-state index contributed by atoms with van der Waals surface area (Å²) in [4.78, 5) is 0. The van der Waals surface area contributed by atoms with Crippen LogP contribution >= 0.6 is 0 Å². The van der Waals surface area contributed by atoms with E-state index in [4.69, 9.17) is 0 Å². The molecule has 3 nitrogen and oxygen atoms in total. The monoisotopic (exact) mass is 333 g/mol. The van der Waals surface area contributed by atoms with Crippen molar-refractivity contribution in [1.29, 1.82) is 0 Å². The van der Waals surface area contributed by atoms with Crippen molar-refractivity contribution in [2.24, 2.45) is 16.2 Å². The first-order chi connectivity index (χ1) is 10.8. The fourth-order valence-corrected chi connectivity index (χ4v) is 2.04. The van der Waals surface area contributed by atoms with E-state index >= 15 is 0 Å². The van der Waals surface area contributed by atoms with Crippen LogP contribution in [-0.2, 0) is 0 Å². The average Bonchev–Trinajstić information content (AvgIpc) is 2.39. The van der Waals surface area contributed by atoms with E-state index in [9.17, 15) is 0 Å². The highest BCUT2D eigenvalue weighted by atomic mass is 15.0. The molecule has 0 saturated carbocycles. The van der Waals surface area contributed by atoms with Gasteiger partial charge in [-0.1, -0.05) is 62.3 Å². The molecular formula is C21H39N3. The van der Waals surface area contributed by atoms with Crippen molar-refractivity contribution in [3.05, 3.63) is 18.2 Å². The van der Waals surface area contributed by atoms with Gasteiger partial charge in [0.1, 0.15) is 0 Å². The zero-order valence-corrected chi connectivity index (χ0v) is 17.4. The molecule has 24 heavy (non-hydrogen) atoms. The minimum atomic E-state index is 0.246. The standard InChI is InChI=1S/C21H39N3/c1-19(2,3)13-22-16-10-11-17(23-14-20(4,5)6)18(12-16)24-15-21(7,8)9/h10-12,22-24H,13-15H2,1-9H3. The van der Waals surface area contributed by atoms with Gasteiger partial charge in [-0.25, -0.2) is 0 Å². The van der Waals surface area contributed by atoms with Crippen LogP contribution in [0.4, 0.5) is 17.1 Å². The first-order valence-corrected chi connectivity index (χ1v) is 9.11. The Balaban J connectivity index is 2.92. The second kappa shape index (κ2) is 7.67. The Morgan fingerprint density at radius 3 is 1.46 bits per heavy atom. The van der Waals surface area contributed by atoms with Crippen LogP contribution in [0.1, 0.15) is 62.3 Å². The Morgan fingerprint density at radius 1 is 0.583 bits per heavy atom.